The lowest BCUT2D eigenvalue weighted by Crippen LogP contribution is -2.40. The number of aromatic nitrogens is 1. The molecule has 5 nitrogen and oxygen atoms in total. The number of amides is 1. The van der Waals surface area contributed by atoms with E-state index in [-0.39, 0.29) is 18.1 Å². The Morgan fingerprint density at radius 1 is 1.45 bits per heavy atom. The van der Waals surface area contributed by atoms with E-state index < -0.39 is 6.10 Å². The van der Waals surface area contributed by atoms with Crippen LogP contribution < -0.4 is 0 Å². The monoisotopic (exact) mass is 306 g/mol. The smallest absolute Gasteiger partial charge is 0.251 e. The number of nitrogens with zero attached hydrogens (tertiary/aromatic N) is 1. The van der Waals surface area contributed by atoms with Crippen molar-refractivity contribution in [1.82, 2.24) is 9.88 Å². The molecule has 1 amide bonds. The Kier molecular flexibility index (Phi) is 5.16. The highest BCUT2D eigenvalue weighted by Gasteiger charge is 2.33. The molecule has 3 heterocycles. The van der Waals surface area contributed by atoms with Gasteiger partial charge < -0.3 is 19.4 Å². The Morgan fingerprint density at radius 3 is 3.09 bits per heavy atom. The second-order valence-corrected chi connectivity index (χ2v) is 6.28. The number of aromatic amines is 1. The number of nitrogens with one attached hydrogen (secondary N) is 1. The van der Waals surface area contributed by atoms with Gasteiger partial charge in [0.05, 0.1) is 18.8 Å². The summed E-state index contributed by atoms with van der Waals surface area (Å²) in [4.78, 5) is 17.9. The molecule has 0 spiro atoms. The molecule has 3 rings (SSSR count). The lowest BCUT2D eigenvalue weighted by molar-refractivity contribution is -0.147. The van der Waals surface area contributed by atoms with Crippen LogP contribution in [-0.4, -0.2) is 47.8 Å². The predicted octanol–water partition coefficient (Wildman–Crippen LogP) is 2.65. The maximum Gasteiger partial charge on any atom is 0.251 e. The summed E-state index contributed by atoms with van der Waals surface area (Å²) in [5.74, 6) is 0.0907. The third kappa shape index (κ3) is 3.52. The zero-order chi connectivity index (χ0) is 15.4. The molecule has 2 saturated heterocycles. The molecular formula is C17H26N2O3. The van der Waals surface area contributed by atoms with E-state index in [0.29, 0.717) is 6.61 Å². The number of ether oxygens (including phenoxy) is 2. The fraction of sp³-hybridized carbons (Fsp3) is 0.706. The van der Waals surface area contributed by atoms with Crippen molar-refractivity contribution >= 4 is 5.91 Å². The van der Waals surface area contributed by atoms with E-state index in [0.717, 1.165) is 44.5 Å². The standard InChI is InChI=1S/C17H26N2O3/c1-13(22-12-14-6-2-3-11-21-14)17(20)19-10-5-8-16(19)15-7-4-9-18-15/h4,7,9,13-14,16,18H,2-3,5-6,8,10-12H2,1H3/t13-,14+,16-/m0/s1. The summed E-state index contributed by atoms with van der Waals surface area (Å²) < 4.78 is 11.5. The molecule has 0 aliphatic carbocycles. The second-order valence-electron chi connectivity index (χ2n) is 6.28. The zero-order valence-electron chi connectivity index (χ0n) is 13.3. The van der Waals surface area contributed by atoms with Crippen LogP contribution in [-0.2, 0) is 14.3 Å². The molecule has 2 fully saturated rings. The molecule has 2 aliphatic rings. The first-order chi connectivity index (χ1) is 10.8. The fourth-order valence-corrected chi connectivity index (χ4v) is 3.40. The zero-order valence-corrected chi connectivity index (χ0v) is 13.3. The minimum absolute atomic E-state index is 0.0907. The van der Waals surface area contributed by atoms with Gasteiger partial charge in [0.2, 0.25) is 0 Å². The third-order valence-corrected chi connectivity index (χ3v) is 4.67. The van der Waals surface area contributed by atoms with Gasteiger partial charge in [-0.1, -0.05) is 0 Å². The molecule has 0 bridgehead atoms. The molecule has 0 radical (unpaired) electrons. The van der Waals surface area contributed by atoms with Gasteiger partial charge in [0.15, 0.2) is 0 Å². The van der Waals surface area contributed by atoms with Crippen LogP contribution in [0.1, 0.15) is 50.8 Å². The first kappa shape index (κ1) is 15.6. The first-order valence-electron chi connectivity index (χ1n) is 8.42. The lowest BCUT2D eigenvalue weighted by Gasteiger charge is -2.28. The van der Waals surface area contributed by atoms with Gasteiger partial charge in [-0.3, -0.25) is 4.79 Å². The van der Waals surface area contributed by atoms with E-state index in [9.17, 15) is 4.79 Å². The van der Waals surface area contributed by atoms with Gasteiger partial charge >= 0.3 is 0 Å². The van der Waals surface area contributed by atoms with Gasteiger partial charge in [-0.2, -0.15) is 0 Å². The summed E-state index contributed by atoms with van der Waals surface area (Å²) in [6, 6.07) is 4.20. The van der Waals surface area contributed by atoms with Crippen molar-refractivity contribution in [2.45, 2.75) is 57.3 Å². The van der Waals surface area contributed by atoms with Crippen molar-refractivity contribution < 1.29 is 14.3 Å². The summed E-state index contributed by atoms with van der Waals surface area (Å²) in [6.45, 7) is 4.01. The lowest BCUT2D eigenvalue weighted by atomic mass is 10.1. The quantitative estimate of drug-likeness (QED) is 0.910. The minimum Gasteiger partial charge on any atom is -0.376 e. The molecule has 1 aromatic heterocycles. The normalized spacial score (nSPS) is 27.0. The average molecular weight is 306 g/mol. The topological polar surface area (TPSA) is 54.6 Å². The molecule has 0 saturated carbocycles. The van der Waals surface area contributed by atoms with E-state index in [1.54, 1.807) is 0 Å². The third-order valence-electron chi connectivity index (χ3n) is 4.67. The summed E-state index contributed by atoms with van der Waals surface area (Å²) in [5.41, 5.74) is 1.12. The average Bonchev–Trinajstić information content (AvgIpc) is 3.23. The van der Waals surface area contributed by atoms with Crippen LogP contribution >= 0.6 is 0 Å². The maximum atomic E-state index is 12.7. The number of carbonyl (C=O) groups excluding carboxylic acids is 1. The molecule has 1 aromatic rings. The van der Waals surface area contributed by atoms with Gasteiger partial charge in [0.25, 0.3) is 5.91 Å². The van der Waals surface area contributed by atoms with E-state index >= 15 is 0 Å². The molecular weight excluding hydrogens is 280 g/mol. The minimum atomic E-state index is -0.402. The highest BCUT2D eigenvalue weighted by molar-refractivity contribution is 5.81. The second kappa shape index (κ2) is 7.29. The number of likely N-dealkylation sites (tertiary alicyclic amines) is 1. The Balaban J connectivity index is 1.53. The SMILES string of the molecule is C[C@H](OC[C@H]1CCCCO1)C(=O)N1CCC[C@H]1c1ccc[nH]1. The molecule has 122 valence electrons. The number of carbonyl (C=O) groups is 1. The summed E-state index contributed by atoms with van der Waals surface area (Å²) in [5, 5.41) is 0. The van der Waals surface area contributed by atoms with Gasteiger partial charge in [-0.05, 0) is 51.2 Å². The first-order valence-corrected chi connectivity index (χ1v) is 8.42. The van der Waals surface area contributed by atoms with Crippen LogP contribution in [0, 0.1) is 0 Å². The van der Waals surface area contributed by atoms with Crippen LogP contribution in [0.4, 0.5) is 0 Å². The summed E-state index contributed by atoms with van der Waals surface area (Å²) >= 11 is 0. The summed E-state index contributed by atoms with van der Waals surface area (Å²) in [6.07, 6.45) is 7.10. The van der Waals surface area contributed by atoms with Crippen molar-refractivity contribution in [3.05, 3.63) is 24.0 Å². The van der Waals surface area contributed by atoms with E-state index in [1.165, 1.54) is 6.42 Å². The molecule has 0 unspecified atom stereocenters. The van der Waals surface area contributed by atoms with Crippen LogP contribution in [0.3, 0.4) is 0 Å². The number of hydrogen-bond acceptors (Lipinski definition) is 3. The largest absolute Gasteiger partial charge is 0.376 e. The highest BCUT2D eigenvalue weighted by atomic mass is 16.5. The van der Waals surface area contributed by atoms with E-state index in [2.05, 4.69) is 11.1 Å². The van der Waals surface area contributed by atoms with Crippen molar-refractivity contribution in [2.75, 3.05) is 19.8 Å². The Bertz CT molecular complexity index is 468. The van der Waals surface area contributed by atoms with Crippen molar-refractivity contribution in [3.8, 4) is 0 Å². The van der Waals surface area contributed by atoms with E-state index in [1.807, 2.05) is 24.1 Å². The maximum absolute atomic E-state index is 12.7. The van der Waals surface area contributed by atoms with Gasteiger partial charge in [-0.25, -0.2) is 0 Å². The molecule has 1 N–H and O–H groups in total. The van der Waals surface area contributed by atoms with Crippen molar-refractivity contribution in [1.29, 1.82) is 0 Å². The Labute approximate surface area is 132 Å². The van der Waals surface area contributed by atoms with Crippen LogP contribution in [0.5, 0.6) is 0 Å². The van der Waals surface area contributed by atoms with Crippen molar-refractivity contribution in [3.63, 3.8) is 0 Å². The fourth-order valence-electron chi connectivity index (χ4n) is 3.40. The van der Waals surface area contributed by atoms with Gasteiger partial charge in [0.1, 0.15) is 6.10 Å². The summed E-state index contributed by atoms with van der Waals surface area (Å²) in [7, 11) is 0. The van der Waals surface area contributed by atoms with Crippen LogP contribution in [0.2, 0.25) is 0 Å². The molecule has 3 atom stereocenters. The van der Waals surface area contributed by atoms with Crippen LogP contribution in [0.25, 0.3) is 0 Å². The van der Waals surface area contributed by atoms with Crippen LogP contribution in [0.15, 0.2) is 18.3 Å². The van der Waals surface area contributed by atoms with Gasteiger partial charge in [-0.15, -0.1) is 0 Å². The molecule has 22 heavy (non-hydrogen) atoms. The number of H-pyrrole nitrogens is 1. The predicted molar refractivity (Wildman–Crippen MR) is 83.5 cm³/mol. The van der Waals surface area contributed by atoms with E-state index in [4.69, 9.17) is 9.47 Å². The molecule has 0 aromatic carbocycles. The van der Waals surface area contributed by atoms with Gasteiger partial charge in [0, 0.05) is 25.0 Å². The number of rotatable bonds is 5. The Hall–Kier alpha value is -1.33. The Morgan fingerprint density at radius 2 is 2.36 bits per heavy atom. The highest BCUT2D eigenvalue weighted by Crippen LogP contribution is 2.31. The number of hydrogen-bond donors (Lipinski definition) is 1. The molecule has 5 heteroatoms. The van der Waals surface area contributed by atoms with Crippen molar-refractivity contribution in [2.24, 2.45) is 0 Å². The molecule has 2 aliphatic heterocycles.